The lowest BCUT2D eigenvalue weighted by Gasteiger charge is -2.35. The lowest BCUT2D eigenvalue weighted by atomic mass is 10.3. The van der Waals surface area contributed by atoms with Gasteiger partial charge in [0.05, 0.1) is 0 Å². The van der Waals surface area contributed by atoms with Gasteiger partial charge in [-0.25, -0.2) is 4.98 Å². The Morgan fingerprint density at radius 2 is 1.68 bits per heavy atom. The van der Waals surface area contributed by atoms with Crippen LogP contribution in [0.15, 0.2) is 60.7 Å². The zero-order valence-electron chi connectivity index (χ0n) is 17.2. The topological polar surface area (TPSA) is 67.8 Å². The molecule has 4 rings (SSSR count). The number of hydrogen-bond donors (Lipinski definition) is 0. The van der Waals surface area contributed by atoms with Crippen LogP contribution >= 0.6 is 11.6 Å². The van der Waals surface area contributed by atoms with E-state index in [-0.39, 0.29) is 12.5 Å². The maximum atomic E-state index is 12.5. The van der Waals surface area contributed by atoms with Gasteiger partial charge in [-0.2, -0.15) is 4.98 Å². The normalized spacial score (nSPS) is 13.7. The summed E-state index contributed by atoms with van der Waals surface area (Å²) in [7, 11) is 0. The third kappa shape index (κ3) is 5.64. The Balaban J connectivity index is 1.32. The van der Waals surface area contributed by atoms with Crippen molar-refractivity contribution in [2.24, 2.45) is 0 Å². The van der Waals surface area contributed by atoms with E-state index in [9.17, 15) is 4.79 Å². The molecule has 7 nitrogen and oxygen atoms in total. The van der Waals surface area contributed by atoms with Crippen molar-refractivity contribution in [2.75, 3.05) is 37.7 Å². The third-order valence-electron chi connectivity index (χ3n) is 4.90. The molecule has 0 N–H and O–H groups in total. The summed E-state index contributed by atoms with van der Waals surface area (Å²) in [6.45, 7) is 4.39. The monoisotopic (exact) mass is 438 g/mol. The van der Waals surface area contributed by atoms with Gasteiger partial charge in [0.15, 0.2) is 6.61 Å². The fraction of sp³-hybridized carbons (Fsp3) is 0.261. The number of ether oxygens (including phenoxy) is 2. The van der Waals surface area contributed by atoms with Crippen LogP contribution in [-0.4, -0.2) is 53.6 Å². The molecular weight excluding hydrogens is 416 g/mol. The van der Waals surface area contributed by atoms with Gasteiger partial charge in [0.1, 0.15) is 23.1 Å². The number of rotatable bonds is 6. The molecule has 0 bridgehead atoms. The minimum absolute atomic E-state index is 0.00329. The summed E-state index contributed by atoms with van der Waals surface area (Å²) >= 11 is 5.87. The largest absolute Gasteiger partial charge is 0.484 e. The van der Waals surface area contributed by atoms with E-state index in [0.29, 0.717) is 48.7 Å². The maximum Gasteiger partial charge on any atom is 0.260 e. The van der Waals surface area contributed by atoms with Gasteiger partial charge in [-0.05, 0) is 43.3 Å². The molecule has 2 aromatic carbocycles. The molecule has 1 fully saturated rings. The van der Waals surface area contributed by atoms with E-state index in [0.717, 1.165) is 11.6 Å². The van der Waals surface area contributed by atoms with Crippen LogP contribution in [0.3, 0.4) is 0 Å². The second-order valence-corrected chi connectivity index (χ2v) is 7.57. The average Bonchev–Trinajstić information content (AvgIpc) is 2.79. The molecule has 0 aliphatic carbocycles. The fourth-order valence-corrected chi connectivity index (χ4v) is 3.43. The van der Waals surface area contributed by atoms with E-state index in [1.807, 2.05) is 48.2 Å². The molecule has 0 atom stereocenters. The van der Waals surface area contributed by atoms with Crippen molar-refractivity contribution in [3.63, 3.8) is 0 Å². The van der Waals surface area contributed by atoms with Gasteiger partial charge in [-0.15, -0.1) is 0 Å². The van der Waals surface area contributed by atoms with Crippen LogP contribution in [0.4, 0.5) is 5.82 Å². The first-order valence-electron chi connectivity index (χ1n) is 10.1. The lowest BCUT2D eigenvalue weighted by Crippen LogP contribution is -2.50. The quantitative estimate of drug-likeness (QED) is 0.580. The van der Waals surface area contributed by atoms with Crippen molar-refractivity contribution >= 4 is 23.3 Å². The molecule has 0 unspecified atom stereocenters. The number of aromatic nitrogens is 2. The molecule has 0 radical (unpaired) electrons. The third-order valence-corrected chi connectivity index (χ3v) is 5.15. The van der Waals surface area contributed by atoms with E-state index in [2.05, 4.69) is 14.9 Å². The summed E-state index contributed by atoms with van der Waals surface area (Å²) in [5.74, 6) is 3.24. The maximum absolute atomic E-state index is 12.5. The highest BCUT2D eigenvalue weighted by molar-refractivity contribution is 6.30. The van der Waals surface area contributed by atoms with Gasteiger partial charge >= 0.3 is 0 Å². The number of benzene rings is 2. The van der Waals surface area contributed by atoms with Gasteiger partial charge in [0, 0.05) is 37.3 Å². The average molecular weight is 439 g/mol. The van der Waals surface area contributed by atoms with Crippen LogP contribution < -0.4 is 14.4 Å². The highest BCUT2D eigenvalue weighted by Crippen LogP contribution is 2.24. The molecule has 8 heteroatoms. The number of aryl methyl sites for hydroxylation is 1. The number of piperazine rings is 1. The van der Waals surface area contributed by atoms with E-state index >= 15 is 0 Å². The van der Waals surface area contributed by atoms with Crippen molar-refractivity contribution in [3.05, 3.63) is 71.5 Å². The van der Waals surface area contributed by atoms with E-state index in [1.54, 1.807) is 24.3 Å². The van der Waals surface area contributed by atoms with Crippen LogP contribution in [0.5, 0.6) is 17.4 Å². The zero-order valence-corrected chi connectivity index (χ0v) is 18.0. The summed E-state index contributed by atoms with van der Waals surface area (Å²) in [4.78, 5) is 25.4. The van der Waals surface area contributed by atoms with Crippen LogP contribution in [0.2, 0.25) is 5.02 Å². The Hall–Kier alpha value is -3.32. The summed E-state index contributed by atoms with van der Waals surface area (Å²) in [5.41, 5.74) is 0. The second-order valence-electron chi connectivity index (χ2n) is 7.14. The number of amides is 1. The standard InChI is InChI=1S/C23H23ClN4O3/c1-17-25-21(15-22(26-17)31-20-5-3-2-4-6-20)27-11-13-28(14-12-27)23(29)16-30-19-9-7-18(24)8-10-19/h2-10,15H,11-14,16H2,1H3. The number of hydrogen-bond acceptors (Lipinski definition) is 6. The number of carbonyl (C=O) groups excluding carboxylic acids is 1. The second kappa shape index (κ2) is 9.66. The minimum atomic E-state index is -0.0402. The van der Waals surface area contributed by atoms with Crippen molar-refractivity contribution in [3.8, 4) is 17.4 Å². The lowest BCUT2D eigenvalue weighted by molar-refractivity contribution is -0.133. The molecule has 1 amide bonds. The number of carbonyl (C=O) groups is 1. The minimum Gasteiger partial charge on any atom is -0.484 e. The first-order valence-corrected chi connectivity index (χ1v) is 10.4. The smallest absolute Gasteiger partial charge is 0.260 e. The highest BCUT2D eigenvalue weighted by Gasteiger charge is 2.23. The van der Waals surface area contributed by atoms with Crippen LogP contribution in [0.25, 0.3) is 0 Å². The van der Waals surface area contributed by atoms with Gasteiger partial charge < -0.3 is 19.3 Å². The Labute approximate surface area is 186 Å². The Kier molecular flexibility index (Phi) is 6.52. The van der Waals surface area contributed by atoms with Gasteiger partial charge in [-0.3, -0.25) is 4.79 Å². The van der Waals surface area contributed by atoms with Gasteiger partial charge in [0.2, 0.25) is 5.88 Å². The van der Waals surface area contributed by atoms with Crippen molar-refractivity contribution in [1.82, 2.24) is 14.9 Å². The summed E-state index contributed by atoms with van der Waals surface area (Å²) in [6, 6.07) is 18.3. The predicted molar refractivity (Wildman–Crippen MR) is 119 cm³/mol. The zero-order chi connectivity index (χ0) is 21.6. The molecule has 1 saturated heterocycles. The van der Waals surface area contributed by atoms with Crippen molar-refractivity contribution in [2.45, 2.75) is 6.92 Å². The molecule has 1 aliphatic rings. The summed E-state index contributed by atoms with van der Waals surface area (Å²) in [6.07, 6.45) is 0. The molecule has 0 saturated carbocycles. The first kappa shape index (κ1) is 20.9. The number of para-hydroxylation sites is 1. The van der Waals surface area contributed by atoms with Crippen LogP contribution in [-0.2, 0) is 4.79 Å². The van der Waals surface area contributed by atoms with Gasteiger partial charge in [-0.1, -0.05) is 29.8 Å². The molecule has 3 aromatic rings. The number of nitrogens with zero attached hydrogens (tertiary/aromatic N) is 4. The van der Waals surface area contributed by atoms with E-state index in [4.69, 9.17) is 21.1 Å². The highest BCUT2D eigenvalue weighted by atomic mass is 35.5. The molecule has 1 aromatic heterocycles. The summed E-state index contributed by atoms with van der Waals surface area (Å²) in [5, 5.41) is 0.632. The molecule has 0 spiro atoms. The summed E-state index contributed by atoms with van der Waals surface area (Å²) < 4.78 is 11.4. The predicted octanol–water partition coefficient (Wildman–Crippen LogP) is 3.96. The van der Waals surface area contributed by atoms with E-state index < -0.39 is 0 Å². The molecule has 2 heterocycles. The van der Waals surface area contributed by atoms with Crippen molar-refractivity contribution < 1.29 is 14.3 Å². The Bertz CT molecular complexity index is 1020. The van der Waals surface area contributed by atoms with Gasteiger partial charge in [0.25, 0.3) is 5.91 Å². The molecule has 31 heavy (non-hydrogen) atoms. The Morgan fingerprint density at radius 1 is 0.968 bits per heavy atom. The van der Waals surface area contributed by atoms with Crippen molar-refractivity contribution in [1.29, 1.82) is 0 Å². The van der Waals surface area contributed by atoms with E-state index in [1.165, 1.54) is 0 Å². The van der Waals surface area contributed by atoms with Crippen LogP contribution in [0, 0.1) is 6.92 Å². The number of anilines is 1. The first-order chi connectivity index (χ1) is 15.1. The molecular formula is C23H23ClN4O3. The molecule has 160 valence electrons. The number of halogens is 1. The van der Waals surface area contributed by atoms with Crippen LogP contribution in [0.1, 0.15) is 5.82 Å². The Morgan fingerprint density at radius 3 is 2.39 bits per heavy atom. The fourth-order valence-electron chi connectivity index (χ4n) is 3.30. The molecule has 1 aliphatic heterocycles. The SMILES string of the molecule is Cc1nc(Oc2ccccc2)cc(N2CCN(C(=O)COc3ccc(Cl)cc3)CC2)n1.